The van der Waals surface area contributed by atoms with E-state index in [2.05, 4.69) is 10.0 Å². The van der Waals surface area contributed by atoms with E-state index in [1.165, 1.54) is 23.3 Å². The lowest BCUT2D eigenvalue weighted by molar-refractivity contribution is -0.385. The zero-order chi connectivity index (χ0) is 18.2. The molecule has 0 atom stereocenters. The van der Waals surface area contributed by atoms with Crippen molar-refractivity contribution in [2.45, 2.75) is 38.4 Å². The molecule has 140 valence electrons. The minimum Gasteiger partial charge on any atom is -0.309 e. The van der Waals surface area contributed by atoms with Gasteiger partial charge in [0.05, 0.1) is 9.82 Å². The van der Waals surface area contributed by atoms with Crippen molar-refractivity contribution in [2.75, 3.05) is 0 Å². The van der Waals surface area contributed by atoms with Crippen molar-refractivity contribution in [3.8, 4) is 0 Å². The average Bonchev–Trinajstić information content (AvgIpc) is 2.99. The number of aryl methyl sites for hydroxylation is 2. The lowest BCUT2D eigenvalue weighted by Gasteiger charge is -2.12. The molecule has 0 saturated heterocycles. The summed E-state index contributed by atoms with van der Waals surface area (Å²) in [6, 6.07) is 8.46. The number of nitrogens with zero attached hydrogens (tertiary/aromatic N) is 1. The second kappa shape index (κ2) is 7.71. The summed E-state index contributed by atoms with van der Waals surface area (Å²) in [5, 5.41) is 14.2. The van der Waals surface area contributed by atoms with Crippen molar-refractivity contribution >= 4 is 28.1 Å². The van der Waals surface area contributed by atoms with Crippen LogP contribution >= 0.6 is 12.4 Å². The number of rotatable bonds is 5. The van der Waals surface area contributed by atoms with Crippen molar-refractivity contribution in [3.05, 3.63) is 68.3 Å². The molecule has 2 aromatic rings. The molecule has 0 aromatic heterocycles. The molecule has 9 heteroatoms. The van der Waals surface area contributed by atoms with E-state index >= 15 is 0 Å². The van der Waals surface area contributed by atoms with Crippen LogP contribution in [0.2, 0.25) is 0 Å². The molecule has 0 bridgehead atoms. The van der Waals surface area contributed by atoms with Crippen LogP contribution in [0.5, 0.6) is 0 Å². The molecule has 3 rings (SSSR count). The molecular formula is C17H20ClN3O4S. The van der Waals surface area contributed by atoms with Crippen molar-refractivity contribution < 1.29 is 13.3 Å². The first kappa shape index (κ1) is 20.3. The Kier molecular flexibility index (Phi) is 6.02. The molecule has 1 heterocycles. The predicted octanol–water partition coefficient (Wildman–Crippen LogP) is 2.72. The number of hydrogen-bond acceptors (Lipinski definition) is 5. The second-order valence-corrected chi connectivity index (χ2v) is 7.90. The number of hydrogen-bond donors (Lipinski definition) is 2. The van der Waals surface area contributed by atoms with Crippen LogP contribution < -0.4 is 10.0 Å². The number of nitrogens with one attached hydrogen (secondary N) is 2. The van der Waals surface area contributed by atoms with Gasteiger partial charge in [-0.3, -0.25) is 10.1 Å². The molecule has 0 spiro atoms. The maximum Gasteiger partial charge on any atom is 0.270 e. The van der Waals surface area contributed by atoms with E-state index in [1.807, 2.05) is 18.2 Å². The molecular weight excluding hydrogens is 378 g/mol. The highest BCUT2D eigenvalue weighted by Crippen LogP contribution is 2.26. The first-order chi connectivity index (χ1) is 11.8. The van der Waals surface area contributed by atoms with E-state index in [4.69, 9.17) is 0 Å². The van der Waals surface area contributed by atoms with E-state index in [1.54, 1.807) is 13.8 Å². The first-order valence-electron chi connectivity index (χ1n) is 7.84. The van der Waals surface area contributed by atoms with Gasteiger partial charge in [0.25, 0.3) is 5.69 Å². The summed E-state index contributed by atoms with van der Waals surface area (Å²) in [4.78, 5) is 10.5. The van der Waals surface area contributed by atoms with Gasteiger partial charge in [-0.2, -0.15) is 0 Å². The molecule has 0 fully saturated rings. The van der Waals surface area contributed by atoms with Crippen LogP contribution in [-0.4, -0.2) is 13.3 Å². The number of fused-ring (bicyclic) bond motifs is 1. The SMILES string of the molecule is Cc1cc([N+](=O)[O-])cc(C)c1S(=O)(=O)NCc1ccc2c(c1)CNC2.Cl. The maximum absolute atomic E-state index is 12.7. The molecule has 1 aliphatic rings. The summed E-state index contributed by atoms with van der Waals surface area (Å²) in [5.41, 5.74) is 3.89. The van der Waals surface area contributed by atoms with Gasteiger partial charge in [-0.05, 0) is 41.7 Å². The maximum atomic E-state index is 12.7. The quantitative estimate of drug-likeness (QED) is 0.596. The number of sulfonamides is 1. The summed E-state index contributed by atoms with van der Waals surface area (Å²) in [7, 11) is -3.76. The molecule has 0 saturated carbocycles. The van der Waals surface area contributed by atoms with Crippen LogP contribution in [-0.2, 0) is 29.7 Å². The Morgan fingerprint density at radius 3 is 2.35 bits per heavy atom. The highest BCUT2D eigenvalue weighted by atomic mass is 35.5. The zero-order valence-corrected chi connectivity index (χ0v) is 16.0. The van der Waals surface area contributed by atoms with Crippen LogP contribution in [0.1, 0.15) is 27.8 Å². The average molecular weight is 398 g/mol. The highest BCUT2D eigenvalue weighted by Gasteiger charge is 2.22. The predicted molar refractivity (Wildman–Crippen MR) is 101 cm³/mol. The Morgan fingerprint density at radius 1 is 1.12 bits per heavy atom. The van der Waals surface area contributed by atoms with Crippen molar-refractivity contribution in [2.24, 2.45) is 0 Å². The Morgan fingerprint density at radius 2 is 1.73 bits per heavy atom. The van der Waals surface area contributed by atoms with Crippen molar-refractivity contribution in [3.63, 3.8) is 0 Å². The molecule has 0 radical (unpaired) electrons. The van der Waals surface area contributed by atoms with Gasteiger partial charge < -0.3 is 5.32 Å². The fourth-order valence-electron chi connectivity index (χ4n) is 3.17. The minimum atomic E-state index is -3.76. The van der Waals surface area contributed by atoms with E-state index < -0.39 is 14.9 Å². The third-order valence-corrected chi connectivity index (χ3v) is 6.00. The number of nitro benzene ring substituents is 1. The Balaban J connectivity index is 0.00000243. The molecule has 2 aromatic carbocycles. The number of non-ortho nitro benzene ring substituents is 1. The summed E-state index contributed by atoms with van der Waals surface area (Å²) in [6.45, 7) is 4.93. The second-order valence-electron chi connectivity index (χ2n) is 6.20. The molecule has 1 aliphatic heterocycles. The van der Waals surface area contributed by atoms with E-state index in [0.717, 1.165) is 18.7 Å². The molecule has 0 amide bonds. The van der Waals surface area contributed by atoms with Crippen molar-refractivity contribution in [1.82, 2.24) is 10.0 Å². The van der Waals surface area contributed by atoms with Gasteiger partial charge in [-0.25, -0.2) is 13.1 Å². The van der Waals surface area contributed by atoms with Crippen LogP contribution in [0.3, 0.4) is 0 Å². The summed E-state index contributed by atoms with van der Waals surface area (Å²) >= 11 is 0. The Hall–Kier alpha value is -2.00. The lowest BCUT2D eigenvalue weighted by Crippen LogP contribution is -2.25. The van der Waals surface area contributed by atoms with Gasteiger partial charge in [0.2, 0.25) is 10.0 Å². The summed E-state index contributed by atoms with van der Waals surface area (Å²) in [5.74, 6) is 0. The van der Waals surface area contributed by atoms with E-state index in [9.17, 15) is 18.5 Å². The first-order valence-corrected chi connectivity index (χ1v) is 9.33. The molecule has 7 nitrogen and oxygen atoms in total. The summed E-state index contributed by atoms with van der Waals surface area (Å²) in [6.07, 6.45) is 0. The highest BCUT2D eigenvalue weighted by molar-refractivity contribution is 7.89. The zero-order valence-electron chi connectivity index (χ0n) is 14.4. The van der Waals surface area contributed by atoms with Crippen LogP contribution in [0.15, 0.2) is 35.2 Å². The van der Waals surface area contributed by atoms with Crippen LogP contribution in [0.25, 0.3) is 0 Å². The van der Waals surface area contributed by atoms with Gasteiger partial charge in [0, 0.05) is 31.8 Å². The topological polar surface area (TPSA) is 101 Å². The number of nitro groups is 1. The molecule has 2 N–H and O–H groups in total. The third-order valence-electron chi connectivity index (χ3n) is 4.29. The number of halogens is 1. The van der Waals surface area contributed by atoms with Crippen LogP contribution in [0, 0.1) is 24.0 Å². The monoisotopic (exact) mass is 397 g/mol. The van der Waals surface area contributed by atoms with E-state index in [-0.39, 0.29) is 29.5 Å². The van der Waals surface area contributed by atoms with Gasteiger partial charge in [0.15, 0.2) is 0 Å². The third kappa shape index (κ3) is 4.04. The summed E-state index contributed by atoms with van der Waals surface area (Å²) < 4.78 is 27.9. The molecule has 26 heavy (non-hydrogen) atoms. The van der Waals surface area contributed by atoms with Crippen LogP contribution in [0.4, 0.5) is 5.69 Å². The van der Waals surface area contributed by atoms with Gasteiger partial charge in [0.1, 0.15) is 0 Å². The molecule has 0 unspecified atom stereocenters. The standard InChI is InChI=1S/C17H19N3O4S.ClH/c1-11-5-16(20(21)22)6-12(2)17(11)25(23,24)19-8-13-3-4-14-9-18-10-15(14)7-13;/h3-7,18-19H,8-10H2,1-2H3;1H. The van der Waals surface area contributed by atoms with Gasteiger partial charge >= 0.3 is 0 Å². The fourth-order valence-corrected chi connectivity index (χ4v) is 4.63. The molecule has 0 aliphatic carbocycles. The van der Waals surface area contributed by atoms with Gasteiger partial charge in [-0.15, -0.1) is 12.4 Å². The normalized spacial score (nSPS) is 13.2. The lowest BCUT2D eigenvalue weighted by atomic mass is 10.1. The number of benzene rings is 2. The minimum absolute atomic E-state index is 0. The van der Waals surface area contributed by atoms with E-state index in [0.29, 0.717) is 11.1 Å². The largest absolute Gasteiger partial charge is 0.309 e. The Bertz CT molecular complexity index is 937. The fraction of sp³-hybridized carbons (Fsp3) is 0.294. The Labute approximate surface area is 158 Å². The van der Waals surface area contributed by atoms with Gasteiger partial charge in [-0.1, -0.05) is 18.2 Å². The van der Waals surface area contributed by atoms with Crippen molar-refractivity contribution in [1.29, 1.82) is 0 Å². The smallest absolute Gasteiger partial charge is 0.270 e.